The van der Waals surface area contributed by atoms with E-state index in [9.17, 15) is 10.1 Å². The maximum atomic E-state index is 12.2. The summed E-state index contributed by atoms with van der Waals surface area (Å²) in [5, 5.41) is 10.9. The van der Waals surface area contributed by atoms with Gasteiger partial charge in [0, 0.05) is 29.7 Å². The molecule has 1 fully saturated rings. The standard InChI is InChI=1S/C21H25N3O2/c1-3-13-12-24-9-8-15-14-6-4-5-7-18(14)23-20(15)19(24)10-16(13)17(11-22)21(25)26-2/h4-7,13,16-17,19,23H,3,8-10,12H2,1-2H3/t13-,16+,17?,19?/m1/s1. The number of nitrogens with zero attached hydrogens (tertiary/aromatic N) is 2. The van der Waals surface area contributed by atoms with Crippen molar-refractivity contribution < 1.29 is 9.53 Å². The van der Waals surface area contributed by atoms with Gasteiger partial charge in [0.05, 0.1) is 19.2 Å². The van der Waals surface area contributed by atoms with Crippen molar-refractivity contribution in [1.29, 1.82) is 5.26 Å². The number of methoxy groups -OCH3 is 1. The fourth-order valence-corrected chi connectivity index (χ4v) is 5.03. The average molecular weight is 351 g/mol. The molecule has 1 N–H and O–H groups in total. The largest absolute Gasteiger partial charge is 0.468 e. The fraction of sp³-hybridized carbons (Fsp3) is 0.524. The number of piperidine rings is 1. The van der Waals surface area contributed by atoms with Crippen molar-refractivity contribution in [2.24, 2.45) is 17.8 Å². The minimum absolute atomic E-state index is 0.0380. The molecule has 0 amide bonds. The quantitative estimate of drug-likeness (QED) is 0.860. The first kappa shape index (κ1) is 17.1. The number of nitrogens with one attached hydrogen (secondary N) is 1. The highest BCUT2D eigenvalue weighted by molar-refractivity contribution is 5.85. The average Bonchev–Trinajstić information content (AvgIpc) is 3.07. The summed E-state index contributed by atoms with van der Waals surface area (Å²) in [6.45, 7) is 4.13. The molecule has 2 aromatic rings. The second-order valence-electron chi connectivity index (χ2n) is 7.52. The summed E-state index contributed by atoms with van der Waals surface area (Å²) in [5.41, 5.74) is 3.86. The van der Waals surface area contributed by atoms with Crippen LogP contribution in [0.25, 0.3) is 10.9 Å². The molecule has 0 radical (unpaired) electrons. The molecule has 2 aliphatic heterocycles. The first-order chi connectivity index (χ1) is 12.7. The summed E-state index contributed by atoms with van der Waals surface area (Å²) in [6, 6.07) is 10.9. The van der Waals surface area contributed by atoms with E-state index in [2.05, 4.69) is 47.1 Å². The molecule has 0 aliphatic carbocycles. The summed E-state index contributed by atoms with van der Waals surface area (Å²) in [5.74, 6) is -0.684. The van der Waals surface area contributed by atoms with Crippen molar-refractivity contribution >= 4 is 16.9 Å². The van der Waals surface area contributed by atoms with Crippen LogP contribution in [0, 0.1) is 29.1 Å². The van der Waals surface area contributed by atoms with E-state index < -0.39 is 11.9 Å². The Kier molecular flexibility index (Phi) is 4.46. The van der Waals surface area contributed by atoms with Crippen LogP contribution in [0.15, 0.2) is 24.3 Å². The van der Waals surface area contributed by atoms with Gasteiger partial charge in [-0.3, -0.25) is 9.69 Å². The van der Waals surface area contributed by atoms with Gasteiger partial charge in [-0.1, -0.05) is 31.5 Å². The summed E-state index contributed by atoms with van der Waals surface area (Å²) in [6.07, 6.45) is 2.85. The number of carbonyl (C=O) groups excluding carboxylic acids is 1. The second kappa shape index (κ2) is 6.77. The van der Waals surface area contributed by atoms with Crippen molar-refractivity contribution in [3.05, 3.63) is 35.5 Å². The number of para-hydroxylation sites is 1. The van der Waals surface area contributed by atoms with Crippen molar-refractivity contribution in [3.63, 3.8) is 0 Å². The number of aromatic nitrogens is 1. The Morgan fingerprint density at radius 3 is 3.00 bits per heavy atom. The number of ether oxygens (including phenoxy) is 1. The molecule has 1 aromatic heterocycles. The van der Waals surface area contributed by atoms with Crippen LogP contribution in [-0.4, -0.2) is 36.1 Å². The lowest BCUT2D eigenvalue weighted by Gasteiger charge is -2.47. The van der Waals surface area contributed by atoms with Crippen molar-refractivity contribution in [1.82, 2.24) is 9.88 Å². The van der Waals surface area contributed by atoms with Crippen molar-refractivity contribution in [2.75, 3.05) is 20.2 Å². The molecule has 2 unspecified atom stereocenters. The molecule has 2 aliphatic rings. The summed E-state index contributed by atoms with van der Waals surface area (Å²) in [7, 11) is 1.37. The Bertz CT molecular complexity index is 866. The Labute approximate surface area is 153 Å². The van der Waals surface area contributed by atoms with Gasteiger partial charge < -0.3 is 9.72 Å². The van der Waals surface area contributed by atoms with Crippen LogP contribution in [0.1, 0.15) is 37.1 Å². The SMILES string of the molecule is CC[C@@H]1CN2CCc3c([nH]c4ccccc34)C2C[C@@H]1C(C#N)C(=O)OC. The van der Waals surface area contributed by atoms with Crippen molar-refractivity contribution in [2.45, 2.75) is 32.2 Å². The first-order valence-corrected chi connectivity index (χ1v) is 9.48. The van der Waals surface area contributed by atoms with Crippen LogP contribution in [0.2, 0.25) is 0 Å². The maximum absolute atomic E-state index is 12.2. The van der Waals surface area contributed by atoms with Gasteiger partial charge in [0.15, 0.2) is 0 Å². The van der Waals surface area contributed by atoms with Crippen LogP contribution in [0.3, 0.4) is 0 Å². The van der Waals surface area contributed by atoms with Crippen LogP contribution in [0.5, 0.6) is 0 Å². The molecule has 1 saturated heterocycles. The minimum atomic E-state index is -0.679. The minimum Gasteiger partial charge on any atom is -0.468 e. The van der Waals surface area contributed by atoms with E-state index in [4.69, 9.17) is 4.74 Å². The smallest absolute Gasteiger partial charge is 0.323 e. The van der Waals surface area contributed by atoms with E-state index in [0.29, 0.717) is 5.92 Å². The predicted molar refractivity (Wildman–Crippen MR) is 99.3 cm³/mol. The van der Waals surface area contributed by atoms with Crippen LogP contribution in [0.4, 0.5) is 0 Å². The molecule has 0 saturated carbocycles. The number of H-pyrrole nitrogens is 1. The van der Waals surface area contributed by atoms with Gasteiger partial charge in [-0.2, -0.15) is 5.26 Å². The molecule has 5 heteroatoms. The highest BCUT2D eigenvalue weighted by atomic mass is 16.5. The van der Waals surface area contributed by atoms with Gasteiger partial charge in [0.25, 0.3) is 0 Å². The highest BCUT2D eigenvalue weighted by Gasteiger charge is 2.44. The van der Waals surface area contributed by atoms with E-state index in [0.717, 1.165) is 32.4 Å². The van der Waals surface area contributed by atoms with Crippen LogP contribution < -0.4 is 0 Å². The number of hydrogen-bond donors (Lipinski definition) is 1. The van der Waals surface area contributed by atoms with E-state index in [1.165, 1.54) is 29.3 Å². The molecule has 26 heavy (non-hydrogen) atoms. The van der Waals surface area contributed by atoms with Gasteiger partial charge in [0.1, 0.15) is 5.92 Å². The molecule has 3 heterocycles. The van der Waals surface area contributed by atoms with Crippen LogP contribution >= 0.6 is 0 Å². The van der Waals surface area contributed by atoms with Gasteiger partial charge in [-0.25, -0.2) is 0 Å². The zero-order valence-electron chi connectivity index (χ0n) is 15.4. The first-order valence-electron chi connectivity index (χ1n) is 9.48. The Balaban J connectivity index is 1.72. The lowest BCUT2D eigenvalue weighted by molar-refractivity contribution is -0.147. The third-order valence-electron chi connectivity index (χ3n) is 6.39. The van der Waals surface area contributed by atoms with Gasteiger partial charge in [-0.05, 0) is 36.3 Å². The summed E-state index contributed by atoms with van der Waals surface area (Å²) in [4.78, 5) is 18.3. The number of esters is 1. The zero-order chi connectivity index (χ0) is 18.3. The Morgan fingerprint density at radius 2 is 2.27 bits per heavy atom. The predicted octanol–water partition coefficient (Wildman–Crippen LogP) is 3.43. The molecule has 4 rings (SSSR count). The molecular weight excluding hydrogens is 326 g/mol. The molecule has 0 bridgehead atoms. The number of hydrogen-bond acceptors (Lipinski definition) is 4. The number of rotatable bonds is 3. The fourth-order valence-electron chi connectivity index (χ4n) is 5.03. The van der Waals surface area contributed by atoms with E-state index in [-0.39, 0.29) is 12.0 Å². The summed E-state index contributed by atoms with van der Waals surface area (Å²) < 4.78 is 4.92. The Hall–Kier alpha value is -2.32. The number of benzene rings is 1. The monoisotopic (exact) mass is 351 g/mol. The lowest BCUT2D eigenvalue weighted by atomic mass is 9.71. The lowest BCUT2D eigenvalue weighted by Crippen LogP contribution is -2.48. The molecule has 4 atom stereocenters. The Morgan fingerprint density at radius 1 is 1.46 bits per heavy atom. The second-order valence-corrected chi connectivity index (χ2v) is 7.52. The normalized spacial score (nSPS) is 26.6. The van der Waals surface area contributed by atoms with Gasteiger partial charge in [0.2, 0.25) is 0 Å². The zero-order valence-corrected chi connectivity index (χ0v) is 15.4. The van der Waals surface area contributed by atoms with E-state index >= 15 is 0 Å². The number of nitriles is 1. The molecule has 5 nitrogen and oxygen atoms in total. The molecular formula is C21H25N3O2. The third-order valence-corrected chi connectivity index (χ3v) is 6.39. The highest BCUT2D eigenvalue weighted by Crippen LogP contribution is 2.45. The summed E-state index contributed by atoms with van der Waals surface area (Å²) >= 11 is 0. The number of aromatic amines is 1. The molecule has 0 spiro atoms. The topological polar surface area (TPSA) is 69.1 Å². The van der Waals surface area contributed by atoms with Crippen molar-refractivity contribution in [3.8, 4) is 6.07 Å². The third kappa shape index (κ3) is 2.60. The van der Waals surface area contributed by atoms with Gasteiger partial charge >= 0.3 is 5.97 Å². The van der Waals surface area contributed by atoms with Gasteiger partial charge in [-0.15, -0.1) is 0 Å². The number of carbonyl (C=O) groups is 1. The molecule has 136 valence electrons. The molecule has 1 aromatic carbocycles. The maximum Gasteiger partial charge on any atom is 0.323 e. The number of fused-ring (bicyclic) bond motifs is 5. The van der Waals surface area contributed by atoms with Crippen LogP contribution in [-0.2, 0) is 16.0 Å². The van der Waals surface area contributed by atoms with E-state index in [1.807, 2.05) is 0 Å². The van der Waals surface area contributed by atoms with E-state index in [1.54, 1.807) is 0 Å².